The van der Waals surface area contributed by atoms with Crippen molar-refractivity contribution in [2.75, 3.05) is 0 Å². The molecule has 108 valence electrons. The number of carbonyl (C=O) groups is 2. The van der Waals surface area contributed by atoms with Gasteiger partial charge in [0.1, 0.15) is 0 Å². The molecule has 5 heteroatoms. The second-order valence-corrected chi connectivity index (χ2v) is 5.34. The lowest BCUT2D eigenvalue weighted by molar-refractivity contribution is 0.0697. The third-order valence-corrected chi connectivity index (χ3v) is 3.83. The maximum atomic E-state index is 11.8. The molecule has 1 aliphatic carbocycles. The minimum atomic E-state index is -0.947. The van der Waals surface area contributed by atoms with Gasteiger partial charge in [0.15, 0.2) is 0 Å². The Morgan fingerprint density at radius 2 is 1.95 bits per heavy atom. The Bertz CT molecular complexity index is 484. The van der Waals surface area contributed by atoms with E-state index in [0.29, 0.717) is 12.5 Å². The van der Waals surface area contributed by atoms with Crippen LogP contribution in [-0.2, 0) is 6.54 Å². The van der Waals surface area contributed by atoms with Crippen LogP contribution in [0, 0.1) is 5.92 Å². The van der Waals surface area contributed by atoms with E-state index in [2.05, 4.69) is 17.6 Å². The van der Waals surface area contributed by atoms with Gasteiger partial charge >= 0.3 is 12.0 Å². The SMILES string of the molecule is CC1CCCC1NC(=O)NCc1ccc(C(=O)O)cc1. The lowest BCUT2D eigenvalue weighted by Gasteiger charge is -2.17. The second kappa shape index (κ2) is 6.41. The Labute approximate surface area is 118 Å². The smallest absolute Gasteiger partial charge is 0.335 e. The molecule has 0 saturated heterocycles. The summed E-state index contributed by atoms with van der Waals surface area (Å²) in [6.45, 7) is 2.55. The zero-order valence-electron chi connectivity index (χ0n) is 11.6. The summed E-state index contributed by atoms with van der Waals surface area (Å²) in [7, 11) is 0. The van der Waals surface area contributed by atoms with Crippen molar-refractivity contribution in [1.82, 2.24) is 10.6 Å². The first kappa shape index (κ1) is 14.4. The number of hydrogen-bond donors (Lipinski definition) is 3. The average molecular weight is 276 g/mol. The number of nitrogens with one attached hydrogen (secondary N) is 2. The molecule has 0 spiro atoms. The van der Waals surface area contributed by atoms with Crippen molar-refractivity contribution in [3.05, 3.63) is 35.4 Å². The summed E-state index contributed by atoms with van der Waals surface area (Å²) in [4.78, 5) is 22.5. The minimum absolute atomic E-state index is 0.161. The highest BCUT2D eigenvalue weighted by molar-refractivity contribution is 5.87. The number of rotatable bonds is 4. The van der Waals surface area contributed by atoms with Crippen molar-refractivity contribution in [1.29, 1.82) is 0 Å². The van der Waals surface area contributed by atoms with Gasteiger partial charge in [0, 0.05) is 12.6 Å². The number of urea groups is 1. The Morgan fingerprint density at radius 3 is 2.50 bits per heavy atom. The highest BCUT2D eigenvalue weighted by Crippen LogP contribution is 2.24. The van der Waals surface area contributed by atoms with Gasteiger partial charge in [-0.25, -0.2) is 9.59 Å². The van der Waals surface area contributed by atoms with Gasteiger partial charge in [-0.2, -0.15) is 0 Å². The Morgan fingerprint density at radius 1 is 1.25 bits per heavy atom. The zero-order valence-corrected chi connectivity index (χ0v) is 11.6. The van der Waals surface area contributed by atoms with Crippen molar-refractivity contribution in [3.8, 4) is 0 Å². The fourth-order valence-corrected chi connectivity index (χ4v) is 2.53. The molecule has 2 rings (SSSR count). The molecule has 1 aromatic rings. The summed E-state index contributed by atoms with van der Waals surface area (Å²) in [6, 6.07) is 6.60. The molecule has 1 fully saturated rings. The van der Waals surface area contributed by atoms with E-state index < -0.39 is 5.97 Å². The number of amides is 2. The van der Waals surface area contributed by atoms with E-state index in [4.69, 9.17) is 5.11 Å². The normalized spacial score (nSPS) is 21.4. The molecule has 0 heterocycles. The maximum Gasteiger partial charge on any atom is 0.335 e. The van der Waals surface area contributed by atoms with Gasteiger partial charge in [0.25, 0.3) is 0 Å². The predicted molar refractivity (Wildman–Crippen MR) is 75.6 cm³/mol. The highest BCUT2D eigenvalue weighted by Gasteiger charge is 2.24. The first-order chi connectivity index (χ1) is 9.56. The zero-order chi connectivity index (χ0) is 14.5. The largest absolute Gasteiger partial charge is 0.478 e. The number of aromatic carboxylic acids is 1. The van der Waals surface area contributed by atoms with E-state index in [1.165, 1.54) is 25.0 Å². The van der Waals surface area contributed by atoms with E-state index in [1.54, 1.807) is 12.1 Å². The van der Waals surface area contributed by atoms with Crippen LogP contribution in [0.25, 0.3) is 0 Å². The summed E-state index contributed by atoms with van der Waals surface area (Å²) in [5.74, 6) is -0.409. The molecular formula is C15H20N2O3. The van der Waals surface area contributed by atoms with E-state index in [9.17, 15) is 9.59 Å². The van der Waals surface area contributed by atoms with Gasteiger partial charge in [-0.15, -0.1) is 0 Å². The van der Waals surface area contributed by atoms with Crippen LogP contribution in [0.5, 0.6) is 0 Å². The molecule has 20 heavy (non-hydrogen) atoms. The van der Waals surface area contributed by atoms with Crippen LogP contribution in [0.3, 0.4) is 0 Å². The van der Waals surface area contributed by atoms with Crippen LogP contribution in [-0.4, -0.2) is 23.1 Å². The Kier molecular flexibility index (Phi) is 4.61. The number of carboxylic acids is 1. The number of carboxylic acid groups (broad SMARTS) is 1. The number of benzene rings is 1. The van der Waals surface area contributed by atoms with Crippen molar-refractivity contribution in [2.24, 2.45) is 5.92 Å². The van der Waals surface area contributed by atoms with Crippen LogP contribution >= 0.6 is 0 Å². The van der Waals surface area contributed by atoms with Crippen LogP contribution < -0.4 is 10.6 Å². The van der Waals surface area contributed by atoms with Crippen LogP contribution in [0.2, 0.25) is 0 Å². The second-order valence-electron chi connectivity index (χ2n) is 5.34. The molecule has 2 amide bonds. The summed E-state index contributed by atoms with van der Waals surface area (Å²) in [6.07, 6.45) is 3.38. The lowest BCUT2D eigenvalue weighted by atomic mass is 10.1. The average Bonchev–Trinajstić information content (AvgIpc) is 2.82. The van der Waals surface area contributed by atoms with Gasteiger partial charge in [0.2, 0.25) is 0 Å². The monoisotopic (exact) mass is 276 g/mol. The first-order valence-corrected chi connectivity index (χ1v) is 6.93. The van der Waals surface area contributed by atoms with Gasteiger partial charge in [0.05, 0.1) is 5.56 Å². The molecule has 2 unspecified atom stereocenters. The van der Waals surface area contributed by atoms with Gasteiger partial charge in [-0.05, 0) is 36.5 Å². The molecule has 1 saturated carbocycles. The molecule has 5 nitrogen and oxygen atoms in total. The van der Waals surface area contributed by atoms with Crippen molar-refractivity contribution >= 4 is 12.0 Å². The predicted octanol–water partition coefficient (Wildman–Crippen LogP) is 2.37. The van der Waals surface area contributed by atoms with Crippen molar-refractivity contribution in [3.63, 3.8) is 0 Å². The van der Waals surface area contributed by atoms with Crippen molar-refractivity contribution in [2.45, 2.75) is 38.8 Å². The summed E-state index contributed by atoms with van der Waals surface area (Å²) in [5.41, 5.74) is 1.13. The molecule has 3 N–H and O–H groups in total. The van der Waals surface area contributed by atoms with Gasteiger partial charge < -0.3 is 15.7 Å². The Hall–Kier alpha value is -2.04. The number of hydrogen-bond acceptors (Lipinski definition) is 2. The van der Waals surface area contributed by atoms with Gasteiger partial charge in [-0.3, -0.25) is 0 Å². The topological polar surface area (TPSA) is 78.4 Å². The third-order valence-electron chi connectivity index (χ3n) is 3.83. The molecule has 1 aliphatic rings. The molecule has 0 aromatic heterocycles. The maximum absolute atomic E-state index is 11.8. The van der Waals surface area contributed by atoms with Crippen LogP contribution in [0.4, 0.5) is 4.79 Å². The molecule has 2 atom stereocenters. The minimum Gasteiger partial charge on any atom is -0.478 e. The summed E-state index contributed by atoms with van der Waals surface area (Å²) >= 11 is 0. The molecular weight excluding hydrogens is 256 g/mol. The molecule has 0 aliphatic heterocycles. The van der Waals surface area contributed by atoms with Crippen LogP contribution in [0.15, 0.2) is 24.3 Å². The van der Waals surface area contributed by atoms with E-state index in [1.807, 2.05) is 0 Å². The summed E-state index contributed by atoms with van der Waals surface area (Å²) in [5, 5.41) is 14.6. The Balaban J connectivity index is 1.79. The van der Waals surface area contributed by atoms with Gasteiger partial charge in [-0.1, -0.05) is 25.5 Å². The molecule has 1 aromatic carbocycles. The quantitative estimate of drug-likeness (QED) is 0.790. The molecule has 0 bridgehead atoms. The van der Waals surface area contributed by atoms with Crippen LogP contribution in [0.1, 0.15) is 42.1 Å². The van der Waals surface area contributed by atoms with E-state index in [-0.39, 0.29) is 17.6 Å². The number of carbonyl (C=O) groups excluding carboxylic acids is 1. The lowest BCUT2D eigenvalue weighted by Crippen LogP contribution is -2.42. The third kappa shape index (κ3) is 3.73. The highest BCUT2D eigenvalue weighted by atomic mass is 16.4. The first-order valence-electron chi connectivity index (χ1n) is 6.93. The standard InChI is InChI=1S/C15H20N2O3/c1-10-3-2-4-13(10)17-15(20)16-9-11-5-7-12(8-6-11)14(18)19/h5-8,10,13H,2-4,9H2,1H3,(H,18,19)(H2,16,17,20). The molecule has 0 radical (unpaired) electrons. The van der Waals surface area contributed by atoms with E-state index in [0.717, 1.165) is 12.0 Å². The fourth-order valence-electron chi connectivity index (χ4n) is 2.53. The summed E-state index contributed by atoms with van der Waals surface area (Å²) < 4.78 is 0. The fraction of sp³-hybridized carbons (Fsp3) is 0.467. The van der Waals surface area contributed by atoms with E-state index >= 15 is 0 Å². The van der Waals surface area contributed by atoms with Crippen molar-refractivity contribution < 1.29 is 14.7 Å².